The molecule has 0 unspecified atom stereocenters. The molecular formula is C18H27N5O2. The van der Waals surface area contributed by atoms with Crippen LogP contribution in [0.3, 0.4) is 0 Å². The Morgan fingerprint density at radius 2 is 2.12 bits per heavy atom. The first-order valence-electron chi connectivity index (χ1n) is 8.58. The van der Waals surface area contributed by atoms with Crippen LogP contribution in [0.15, 0.2) is 27.7 Å². The molecule has 7 nitrogen and oxygen atoms in total. The van der Waals surface area contributed by atoms with Gasteiger partial charge < -0.3 is 19.9 Å². The zero-order chi connectivity index (χ0) is 18.1. The number of aromatic nitrogens is 2. The SMILES string of the molecule is CCCOc1cc(C)ccc1CNC(=NC)NCCc1nc(C)no1. The molecule has 0 atom stereocenters. The number of aliphatic imine (C=N–C) groups is 1. The normalized spacial score (nSPS) is 11.4. The van der Waals surface area contributed by atoms with E-state index in [-0.39, 0.29) is 0 Å². The van der Waals surface area contributed by atoms with Crippen molar-refractivity contribution < 1.29 is 9.26 Å². The minimum Gasteiger partial charge on any atom is -0.493 e. The zero-order valence-corrected chi connectivity index (χ0v) is 15.4. The maximum absolute atomic E-state index is 5.85. The van der Waals surface area contributed by atoms with Gasteiger partial charge in [-0.05, 0) is 31.9 Å². The Morgan fingerprint density at radius 3 is 2.80 bits per heavy atom. The minimum atomic E-state index is 0.620. The Morgan fingerprint density at radius 1 is 1.28 bits per heavy atom. The van der Waals surface area contributed by atoms with Gasteiger partial charge in [0, 0.05) is 32.1 Å². The summed E-state index contributed by atoms with van der Waals surface area (Å²) >= 11 is 0. The summed E-state index contributed by atoms with van der Waals surface area (Å²) in [7, 11) is 1.75. The van der Waals surface area contributed by atoms with Crippen molar-refractivity contribution in [2.75, 3.05) is 20.2 Å². The van der Waals surface area contributed by atoms with Crippen molar-refractivity contribution in [2.24, 2.45) is 4.99 Å². The zero-order valence-electron chi connectivity index (χ0n) is 15.4. The first-order chi connectivity index (χ1) is 12.1. The van der Waals surface area contributed by atoms with Gasteiger partial charge in [0.1, 0.15) is 5.75 Å². The van der Waals surface area contributed by atoms with Crippen molar-refractivity contribution in [3.05, 3.63) is 41.0 Å². The van der Waals surface area contributed by atoms with Gasteiger partial charge in [-0.3, -0.25) is 4.99 Å². The molecule has 2 N–H and O–H groups in total. The van der Waals surface area contributed by atoms with E-state index in [0.29, 0.717) is 37.8 Å². The number of aryl methyl sites for hydroxylation is 2. The average Bonchev–Trinajstić information content (AvgIpc) is 3.02. The van der Waals surface area contributed by atoms with E-state index in [9.17, 15) is 0 Å². The largest absolute Gasteiger partial charge is 0.493 e. The van der Waals surface area contributed by atoms with Gasteiger partial charge in [-0.1, -0.05) is 24.2 Å². The van der Waals surface area contributed by atoms with E-state index in [4.69, 9.17) is 9.26 Å². The molecule has 0 saturated heterocycles. The van der Waals surface area contributed by atoms with Crippen molar-refractivity contribution in [3.8, 4) is 5.75 Å². The molecule has 0 amide bonds. The Labute approximate surface area is 148 Å². The Kier molecular flexibility index (Phi) is 7.25. The van der Waals surface area contributed by atoms with Crippen LogP contribution in [0, 0.1) is 13.8 Å². The number of hydrogen-bond donors (Lipinski definition) is 2. The highest BCUT2D eigenvalue weighted by Gasteiger charge is 2.07. The second-order valence-corrected chi connectivity index (χ2v) is 5.80. The van der Waals surface area contributed by atoms with Gasteiger partial charge in [0.05, 0.1) is 6.61 Å². The molecule has 1 heterocycles. The Bertz CT molecular complexity index is 697. The summed E-state index contributed by atoms with van der Waals surface area (Å²) in [5.41, 5.74) is 2.29. The molecule has 0 fully saturated rings. The van der Waals surface area contributed by atoms with Gasteiger partial charge >= 0.3 is 0 Å². The molecule has 0 aliphatic rings. The van der Waals surface area contributed by atoms with Crippen LogP contribution in [-0.2, 0) is 13.0 Å². The van der Waals surface area contributed by atoms with Gasteiger partial charge in [-0.25, -0.2) is 0 Å². The fraction of sp³-hybridized carbons (Fsp3) is 0.500. The van der Waals surface area contributed by atoms with Crippen molar-refractivity contribution >= 4 is 5.96 Å². The van der Waals surface area contributed by atoms with E-state index in [1.54, 1.807) is 14.0 Å². The summed E-state index contributed by atoms with van der Waals surface area (Å²) in [6, 6.07) is 6.24. The molecule has 1 aromatic heterocycles. The van der Waals surface area contributed by atoms with Crippen LogP contribution in [-0.4, -0.2) is 36.3 Å². The van der Waals surface area contributed by atoms with Gasteiger partial charge in [-0.15, -0.1) is 0 Å². The maximum atomic E-state index is 5.85. The lowest BCUT2D eigenvalue weighted by Gasteiger charge is -2.15. The molecule has 0 aliphatic heterocycles. The van der Waals surface area contributed by atoms with Crippen molar-refractivity contribution in [1.82, 2.24) is 20.8 Å². The maximum Gasteiger partial charge on any atom is 0.228 e. The van der Waals surface area contributed by atoms with Crippen molar-refractivity contribution in [2.45, 2.75) is 40.2 Å². The monoisotopic (exact) mass is 345 g/mol. The first-order valence-corrected chi connectivity index (χ1v) is 8.58. The smallest absolute Gasteiger partial charge is 0.228 e. The second kappa shape index (κ2) is 9.66. The third-order valence-electron chi connectivity index (χ3n) is 3.56. The van der Waals surface area contributed by atoms with Gasteiger partial charge in [0.2, 0.25) is 5.89 Å². The van der Waals surface area contributed by atoms with Gasteiger partial charge in [-0.2, -0.15) is 4.98 Å². The lowest BCUT2D eigenvalue weighted by Crippen LogP contribution is -2.38. The number of benzene rings is 1. The molecule has 2 aromatic rings. The summed E-state index contributed by atoms with van der Waals surface area (Å²) in [4.78, 5) is 8.42. The highest BCUT2D eigenvalue weighted by molar-refractivity contribution is 5.79. The van der Waals surface area contributed by atoms with E-state index < -0.39 is 0 Å². The molecule has 1 aromatic carbocycles. The van der Waals surface area contributed by atoms with Crippen molar-refractivity contribution in [3.63, 3.8) is 0 Å². The fourth-order valence-corrected chi connectivity index (χ4v) is 2.28. The van der Waals surface area contributed by atoms with E-state index >= 15 is 0 Å². The molecule has 0 aliphatic carbocycles. The molecular weight excluding hydrogens is 318 g/mol. The van der Waals surface area contributed by atoms with E-state index in [1.165, 1.54) is 5.56 Å². The fourth-order valence-electron chi connectivity index (χ4n) is 2.28. The quantitative estimate of drug-likeness (QED) is 0.564. The van der Waals surface area contributed by atoms with Crippen LogP contribution < -0.4 is 15.4 Å². The molecule has 0 saturated carbocycles. The minimum absolute atomic E-state index is 0.620. The number of nitrogens with zero attached hydrogens (tertiary/aromatic N) is 3. The topological polar surface area (TPSA) is 84.6 Å². The molecule has 2 rings (SSSR count). The van der Waals surface area contributed by atoms with Gasteiger partial charge in [0.25, 0.3) is 0 Å². The Balaban J connectivity index is 1.85. The van der Waals surface area contributed by atoms with Crippen LogP contribution >= 0.6 is 0 Å². The lowest BCUT2D eigenvalue weighted by atomic mass is 10.1. The van der Waals surface area contributed by atoms with E-state index in [0.717, 1.165) is 23.7 Å². The van der Waals surface area contributed by atoms with E-state index in [1.807, 2.05) is 0 Å². The highest BCUT2D eigenvalue weighted by atomic mass is 16.5. The van der Waals surface area contributed by atoms with Crippen LogP contribution in [0.1, 0.15) is 36.2 Å². The van der Waals surface area contributed by atoms with Crippen LogP contribution in [0.2, 0.25) is 0 Å². The first kappa shape index (κ1) is 18.8. The molecule has 25 heavy (non-hydrogen) atoms. The van der Waals surface area contributed by atoms with E-state index in [2.05, 4.69) is 57.8 Å². The molecule has 7 heteroatoms. The Hall–Kier alpha value is -2.57. The lowest BCUT2D eigenvalue weighted by molar-refractivity contribution is 0.313. The third kappa shape index (κ3) is 6.10. The molecule has 136 valence electrons. The standard InChI is InChI=1S/C18H27N5O2/c1-5-10-24-16-11-13(2)6-7-15(16)12-21-18(19-4)20-9-8-17-22-14(3)23-25-17/h6-7,11H,5,8-10,12H2,1-4H3,(H2,19,20,21). The van der Waals surface area contributed by atoms with Crippen LogP contribution in [0.5, 0.6) is 5.75 Å². The predicted octanol–water partition coefficient (Wildman–Crippen LogP) is 2.38. The second-order valence-electron chi connectivity index (χ2n) is 5.80. The average molecular weight is 345 g/mol. The summed E-state index contributed by atoms with van der Waals surface area (Å²) in [5, 5.41) is 10.3. The summed E-state index contributed by atoms with van der Waals surface area (Å²) < 4.78 is 10.9. The number of ether oxygens (including phenoxy) is 1. The summed E-state index contributed by atoms with van der Waals surface area (Å²) in [5.74, 6) is 2.91. The number of hydrogen-bond acceptors (Lipinski definition) is 5. The number of guanidine groups is 1. The van der Waals surface area contributed by atoms with Crippen molar-refractivity contribution in [1.29, 1.82) is 0 Å². The van der Waals surface area contributed by atoms with Crippen LogP contribution in [0.25, 0.3) is 0 Å². The predicted molar refractivity (Wildman–Crippen MR) is 97.9 cm³/mol. The third-order valence-corrected chi connectivity index (χ3v) is 3.56. The van der Waals surface area contributed by atoms with Gasteiger partial charge in [0.15, 0.2) is 11.8 Å². The number of rotatable bonds is 8. The molecule has 0 radical (unpaired) electrons. The summed E-state index contributed by atoms with van der Waals surface area (Å²) in [6.45, 7) is 7.99. The number of nitrogens with one attached hydrogen (secondary N) is 2. The molecule has 0 spiro atoms. The van der Waals surface area contributed by atoms with Crippen LogP contribution in [0.4, 0.5) is 0 Å². The highest BCUT2D eigenvalue weighted by Crippen LogP contribution is 2.20. The molecule has 0 bridgehead atoms. The summed E-state index contributed by atoms with van der Waals surface area (Å²) in [6.07, 6.45) is 1.64.